The van der Waals surface area contributed by atoms with Crippen molar-refractivity contribution in [3.05, 3.63) is 156 Å². The van der Waals surface area contributed by atoms with Gasteiger partial charge in [0.1, 0.15) is 6.10 Å². The molecule has 1 amide bonds. The number of nitrogens with zero attached hydrogens (tertiary/aromatic N) is 5. The van der Waals surface area contributed by atoms with Crippen LogP contribution in [0, 0.1) is 0 Å². The number of hydrogen-bond donors (Lipinski definition) is 0. The molecule has 0 aliphatic carbocycles. The molecule has 1 aliphatic heterocycles. The molecule has 0 saturated carbocycles. The Hall–Kier alpha value is -5.58. The highest BCUT2D eigenvalue weighted by Crippen LogP contribution is 2.30. The lowest BCUT2D eigenvalue weighted by Gasteiger charge is -2.40. The number of esters is 1. The molecule has 3 aromatic carbocycles. The maximum Gasteiger partial charge on any atom is 0.320 e. The van der Waals surface area contributed by atoms with E-state index in [0.29, 0.717) is 31.1 Å². The number of carbonyl (C=O) groups is 2. The van der Waals surface area contributed by atoms with E-state index in [4.69, 9.17) is 14.2 Å². The smallest absolute Gasteiger partial charge is 0.320 e. The molecular formula is C47H55N5O5. The van der Waals surface area contributed by atoms with Crippen molar-refractivity contribution in [1.82, 2.24) is 24.7 Å². The number of pyridine rings is 2. The van der Waals surface area contributed by atoms with Gasteiger partial charge in [-0.3, -0.25) is 29.4 Å². The summed E-state index contributed by atoms with van der Waals surface area (Å²) in [6.45, 7) is 3.08. The zero-order valence-electron chi connectivity index (χ0n) is 33.2. The molecule has 0 radical (unpaired) electrons. The molecule has 5 aromatic rings. The molecular weight excluding hydrogens is 715 g/mol. The van der Waals surface area contributed by atoms with Crippen LogP contribution in [0.1, 0.15) is 59.5 Å². The number of carbonyl (C=O) groups excluding carboxylic acids is 2. The Kier molecular flexibility index (Phi) is 15.6. The second kappa shape index (κ2) is 21.6. The summed E-state index contributed by atoms with van der Waals surface area (Å²) < 4.78 is 17.3. The second-order valence-electron chi connectivity index (χ2n) is 14.6. The fraction of sp³-hybridized carbons (Fsp3) is 0.362. The van der Waals surface area contributed by atoms with Crippen molar-refractivity contribution >= 4 is 11.9 Å². The number of methoxy groups -OCH3 is 2. The van der Waals surface area contributed by atoms with E-state index < -0.39 is 0 Å². The summed E-state index contributed by atoms with van der Waals surface area (Å²) in [7, 11) is 3.20. The SMILES string of the molecule is COc1ccc(CN(CC(=O)OC(CCCc2cccnc2)CCCc2cccnc2)CC(=O)N2CCN(C(c3ccccc3)c3ccccc3)CC2)cc1OC. The van der Waals surface area contributed by atoms with Gasteiger partial charge >= 0.3 is 5.97 Å². The van der Waals surface area contributed by atoms with Crippen LogP contribution in [0.4, 0.5) is 0 Å². The van der Waals surface area contributed by atoms with Gasteiger partial charge in [-0.2, -0.15) is 0 Å². The van der Waals surface area contributed by atoms with E-state index in [1.54, 1.807) is 26.6 Å². The van der Waals surface area contributed by atoms with Gasteiger partial charge in [0.2, 0.25) is 5.91 Å². The van der Waals surface area contributed by atoms with Gasteiger partial charge in [0.15, 0.2) is 11.5 Å². The molecule has 1 saturated heterocycles. The molecule has 1 aliphatic rings. The van der Waals surface area contributed by atoms with Crippen molar-refractivity contribution in [1.29, 1.82) is 0 Å². The molecule has 6 rings (SSSR count). The summed E-state index contributed by atoms with van der Waals surface area (Å²) in [6.07, 6.45) is 12.0. The zero-order chi connectivity index (χ0) is 39.7. The summed E-state index contributed by atoms with van der Waals surface area (Å²) in [5.74, 6) is 0.859. The van der Waals surface area contributed by atoms with E-state index in [1.807, 2.05) is 64.7 Å². The van der Waals surface area contributed by atoms with Crippen LogP contribution in [-0.2, 0) is 33.7 Å². The monoisotopic (exact) mass is 769 g/mol. The first-order chi connectivity index (χ1) is 28.0. The van der Waals surface area contributed by atoms with Crippen molar-refractivity contribution in [2.24, 2.45) is 0 Å². The van der Waals surface area contributed by atoms with Crippen molar-refractivity contribution in [2.45, 2.75) is 57.2 Å². The zero-order valence-corrected chi connectivity index (χ0v) is 33.2. The standard InChI is InChI=1S/C47H55N5O5/c1-55-43-24-23-39(31-44(43)56-2)34-50(35-45(53)51-27-29-52(30-28-51)47(40-17-5-3-6-18-40)41-19-7-4-8-20-41)36-46(54)57-42(21-9-13-37-15-11-25-48-32-37)22-10-14-38-16-12-26-49-33-38/h3-8,11-12,15-20,23-26,31-33,42,47H,9-10,13-14,21-22,27-30,34-36H2,1-2H3. The third-order valence-corrected chi connectivity index (χ3v) is 10.6. The Morgan fingerprint density at radius 1 is 0.667 bits per heavy atom. The summed E-state index contributed by atoms with van der Waals surface area (Å²) in [4.78, 5) is 42.7. The number of piperazine rings is 1. The average molecular weight is 770 g/mol. The van der Waals surface area contributed by atoms with Gasteiger partial charge in [-0.15, -0.1) is 0 Å². The number of amides is 1. The Bertz CT molecular complexity index is 1860. The summed E-state index contributed by atoms with van der Waals surface area (Å²) in [5.41, 5.74) is 5.69. The Balaban J connectivity index is 1.12. The van der Waals surface area contributed by atoms with E-state index in [1.165, 1.54) is 11.1 Å². The molecule has 0 N–H and O–H groups in total. The summed E-state index contributed by atoms with van der Waals surface area (Å²) in [5, 5.41) is 0. The van der Waals surface area contributed by atoms with Gasteiger partial charge < -0.3 is 19.1 Å². The summed E-state index contributed by atoms with van der Waals surface area (Å²) >= 11 is 0. The lowest BCUT2D eigenvalue weighted by molar-refractivity contribution is -0.152. The third-order valence-electron chi connectivity index (χ3n) is 10.6. The quantitative estimate of drug-likeness (QED) is 0.0763. The van der Waals surface area contributed by atoms with E-state index in [-0.39, 0.29) is 37.1 Å². The van der Waals surface area contributed by atoms with Crippen molar-refractivity contribution < 1.29 is 23.8 Å². The van der Waals surface area contributed by atoms with Crippen LogP contribution in [0.5, 0.6) is 11.5 Å². The van der Waals surface area contributed by atoms with Crippen molar-refractivity contribution in [3.8, 4) is 11.5 Å². The Labute approximate surface area is 337 Å². The molecule has 0 spiro atoms. The third kappa shape index (κ3) is 12.5. The highest BCUT2D eigenvalue weighted by Gasteiger charge is 2.29. The summed E-state index contributed by atoms with van der Waals surface area (Å²) in [6, 6.07) is 34.9. The molecule has 0 atom stereocenters. The number of aromatic nitrogens is 2. The first-order valence-electron chi connectivity index (χ1n) is 20.0. The van der Waals surface area contributed by atoms with E-state index in [9.17, 15) is 9.59 Å². The molecule has 298 valence electrons. The lowest BCUT2D eigenvalue weighted by atomic mass is 9.96. The Morgan fingerprint density at radius 2 is 1.25 bits per heavy atom. The highest BCUT2D eigenvalue weighted by molar-refractivity contribution is 5.79. The molecule has 0 bridgehead atoms. The minimum absolute atomic E-state index is 0.0107. The van der Waals surface area contributed by atoms with Crippen LogP contribution in [-0.4, -0.2) is 96.1 Å². The van der Waals surface area contributed by atoms with E-state index in [0.717, 1.165) is 68.3 Å². The van der Waals surface area contributed by atoms with Crippen LogP contribution in [0.25, 0.3) is 0 Å². The van der Waals surface area contributed by atoms with Crippen LogP contribution in [0.2, 0.25) is 0 Å². The molecule has 2 aromatic heterocycles. The molecule has 10 nitrogen and oxygen atoms in total. The van der Waals surface area contributed by atoms with Crippen molar-refractivity contribution in [3.63, 3.8) is 0 Å². The molecule has 3 heterocycles. The van der Waals surface area contributed by atoms with Gasteiger partial charge in [-0.25, -0.2) is 0 Å². The lowest BCUT2D eigenvalue weighted by Crippen LogP contribution is -2.52. The number of benzene rings is 3. The number of ether oxygens (including phenoxy) is 3. The van der Waals surface area contributed by atoms with E-state index in [2.05, 4.69) is 75.5 Å². The number of hydrogen-bond acceptors (Lipinski definition) is 9. The number of aryl methyl sites for hydroxylation is 2. The van der Waals surface area contributed by atoms with Crippen LogP contribution in [0.15, 0.2) is 128 Å². The van der Waals surface area contributed by atoms with Gasteiger partial charge in [0.05, 0.1) is 33.4 Å². The normalized spacial score (nSPS) is 13.2. The fourth-order valence-corrected chi connectivity index (χ4v) is 7.64. The van der Waals surface area contributed by atoms with Gasteiger partial charge in [0.25, 0.3) is 0 Å². The molecule has 1 fully saturated rings. The van der Waals surface area contributed by atoms with Gasteiger partial charge in [-0.1, -0.05) is 78.9 Å². The highest BCUT2D eigenvalue weighted by atomic mass is 16.5. The minimum Gasteiger partial charge on any atom is -0.493 e. The van der Waals surface area contributed by atoms with Gasteiger partial charge in [-0.05, 0) is 90.6 Å². The van der Waals surface area contributed by atoms with E-state index >= 15 is 0 Å². The largest absolute Gasteiger partial charge is 0.493 e. The average Bonchev–Trinajstić information content (AvgIpc) is 3.25. The van der Waals surface area contributed by atoms with Crippen LogP contribution in [0.3, 0.4) is 0 Å². The molecule has 10 heteroatoms. The predicted molar refractivity (Wildman–Crippen MR) is 222 cm³/mol. The first kappa shape index (κ1) is 41.1. The molecule has 0 unspecified atom stereocenters. The first-order valence-corrected chi connectivity index (χ1v) is 20.0. The fourth-order valence-electron chi connectivity index (χ4n) is 7.64. The predicted octanol–water partition coefficient (Wildman–Crippen LogP) is 7.19. The second-order valence-corrected chi connectivity index (χ2v) is 14.6. The minimum atomic E-state index is -0.339. The number of rotatable bonds is 20. The van der Waals surface area contributed by atoms with Crippen LogP contribution < -0.4 is 9.47 Å². The maximum atomic E-state index is 14.1. The maximum absolute atomic E-state index is 14.1. The van der Waals surface area contributed by atoms with Crippen molar-refractivity contribution in [2.75, 3.05) is 53.5 Å². The van der Waals surface area contributed by atoms with Crippen LogP contribution >= 0.6 is 0 Å². The topological polar surface area (TPSA) is 97.3 Å². The Morgan fingerprint density at radius 3 is 1.77 bits per heavy atom. The van der Waals surface area contributed by atoms with Gasteiger partial charge in [0, 0.05) is 57.5 Å². The molecule has 57 heavy (non-hydrogen) atoms.